The highest BCUT2D eigenvalue weighted by Crippen LogP contribution is 2.43. The lowest BCUT2D eigenvalue weighted by molar-refractivity contribution is -0.132. The molecule has 4 rings (SSSR count). The van der Waals surface area contributed by atoms with Crippen LogP contribution in [0, 0.1) is 0 Å². The molecule has 1 aliphatic rings. The molecule has 1 amide bonds. The summed E-state index contributed by atoms with van der Waals surface area (Å²) in [5, 5.41) is 11.4. The molecule has 3 aromatic rings. The van der Waals surface area contributed by atoms with Crippen molar-refractivity contribution in [2.75, 3.05) is 18.6 Å². The Morgan fingerprint density at radius 3 is 2.23 bits per heavy atom. The molecule has 1 heterocycles. The smallest absolute Gasteiger partial charge is 0.300 e. The third-order valence-electron chi connectivity index (χ3n) is 7.01. The molecule has 1 aliphatic heterocycles. The van der Waals surface area contributed by atoms with Gasteiger partial charge in [0, 0.05) is 17.3 Å². The maximum Gasteiger partial charge on any atom is 0.300 e. The number of hydrogen-bond acceptors (Lipinski definition) is 5. The van der Waals surface area contributed by atoms with Gasteiger partial charge in [0.1, 0.15) is 17.3 Å². The Morgan fingerprint density at radius 1 is 0.923 bits per heavy atom. The first-order valence-electron chi connectivity index (χ1n) is 13.4. The van der Waals surface area contributed by atoms with Crippen LogP contribution in [0.2, 0.25) is 0 Å². The number of anilines is 1. The Bertz CT molecular complexity index is 1350. The van der Waals surface area contributed by atoms with E-state index < -0.39 is 17.7 Å². The predicted octanol–water partition coefficient (Wildman–Crippen LogP) is 7.19. The number of aliphatic hydroxyl groups is 1. The van der Waals surface area contributed by atoms with Crippen LogP contribution in [0.5, 0.6) is 11.5 Å². The van der Waals surface area contributed by atoms with Crippen LogP contribution in [0.4, 0.5) is 5.69 Å². The number of carbonyl (C=O) groups excluding carboxylic acids is 2. The molecule has 39 heavy (non-hydrogen) atoms. The van der Waals surface area contributed by atoms with E-state index in [-0.39, 0.29) is 16.7 Å². The standard InChI is InChI=1S/C33H37NO5/c1-6-7-8-20-39-26-18-14-23(15-19-26)30(35)28-29(22-12-16-24(17-13-22)33(2,3)4)34(32(37)31(28)36)25-10-9-11-27(21-25)38-5/h9-19,21,29,35H,6-8,20H2,1-5H3/b30-28+. The average molecular weight is 528 g/mol. The van der Waals surface area contributed by atoms with Crippen LogP contribution in [-0.4, -0.2) is 30.5 Å². The molecule has 1 unspecified atom stereocenters. The number of nitrogens with zero attached hydrogens (tertiary/aromatic N) is 1. The minimum atomic E-state index is -0.809. The summed E-state index contributed by atoms with van der Waals surface area (Å²) in [5.74, 6) is -0.411. The summed E-state index contributed by atoms with van der Waals surface area (Å²) in [5.41, 5.74) is 2.78. The molecule has 6 heteroatoms. The van der Waals surface area contributed by atoms with Crippen LogP contribution in [0.1, 0.15) is 69.7 Å². The van der Waals surface area contributed by atoms with Crippen molar-refractivity contribution in [2.45, 2.75) is 58.4 Å². The van der Waals surface area contributed by atoms with E-state index in [1.807, 2.05) is 24.3 Å². The van der Waals surface area contributed by atoms with Crippen molar-refractivity contribution < 1.29 is 24.2 Å². The number of ketones is 1. The van der Waals surface area contributed by atoms with Gasteiger partial charge in [0.25, 0.3) is 11.7 Å². The zero-order valence-corrected chi connectivity index (χ0v) is 23.4. The molecule has 0 radical (unpaired) electrons. The number of ether oxygens (including phenoxy) is 2. The molecule has 1 fully saturated rings. The van der Waals surface area contributed by atoms with Gasteiger partial charge in [0.05, 0.1) is 25.3 Å². The molecule has 1 N–H and O–H groups in total. The van der Waals surface area contributed by atoms with E-state index in [0.29, 0.717) is 29.4 Å². The summed E-state index contributed by atoms with van der Waals surface area (Å²) in [6, 6.07) is 21.0. The van der Waals surface area contributed by atoms with Gasteiger partial charge in [0.15, 0.2) is 0 Å². The molecule has 0 bridgehead atoms. The van der Waals surface area contributed by atoms with Gasteiger partial charge in [-0.25, -0.2) is 0 Å². The van der Waals surface area contributed by atoms with Crippen LogP contribution >= 0.6 is 0 Å². The molecular weight excluding hydrogens is 490 g/mol. The van der Waals surface area contributed by atoms with E-state index in [2.05, 4.69) is 27.7 Å². The Balaban J connectivity index is 1.78. The number of carbonyl (C=O) groups is 2. The number of rotatable bonds is 9. The van der Waals surface area contributed by atoms with Gasteiger partial charge in [-0.05, 0) is 59.4 Å². The van der Waals surface area contributed by atoms with Crippen LogP contribution < -0.4 is 14.4 Å². The summed E-state index contributed by atoms with van der Waals surface area (Å²) in [6.07, 6.45) is 3.19. The summed E-state index contributed by atoms with van der Waals surface area (Å²) in [6.45, 7) is 9.14. The van der Waals surface area contributed by atoms with E-state index in [9.17, 15) is 14.7 Å². The van der Waals surface area contributed by atoms with Gasteiger partial charge < -0.3 is 14.6 Å². The van der Waals surface area contributed by atoms with Crippen molar-refractivity contribution in [3.8, 4) is 11.5 Å². The van der Waals surface area contributed by atoms with E-state index in [1.165, 1.54) is 4.90 Å². The van der Waals surface area contributed by atoms with Gasteiger partial charge in [-0.3, -0.25) is 14.5 Å². The van der Waals surface area contributed by atoms with Crippen molar-refractivity contribution >= 4 is 23.1 Å². The first-order chi connectivity index (χ1) is 18.7. The SMILES string of the molecule is CCCCCOc1ccc(/C(O)=C2\C(=O)C(=O)N(c3cccc(OC)c3)C2c2ccc(C(C)(C)C)cc2)cc1. The summed E-state index contributed by atoms with van der Waals surface area (Å²) >= 11 is 0. The van der Waals surface area contributed by atoms with Gasteiger partial charge in [0.2, 0.25) is 0 Å². The fourth-order valence-corrected chi connectivity index (χ4v) is 4.75. The van der Waals surface area contributed by atoms with Crippen LogP contribution in [0.15, 0.2) is 78.4 Å². The second-order valence-corrected chi connectivity index (χ2v) is 10.8. The predicted molar refractivity (Wildman–Crippen MR) is 154 cm³/mol. The molecule has 0 saturated carbocycles. The first-order valence-corrected chi connectivity index (χ1v) is 13.4. The fraction of sp³-hybridized carbons (Fsp3) is 0.333. The maximum atomic E-state index is 13.5. The quantitative estimate of drug-likeness (QED) is 0.138. The van der Waals surface area contributed by atoms with Crippen LogP contribution in [-0.2, 0) is 15.0 Å². The highest BCUT2D eigenvalue weighted by Gasteiger charge is 2.47. The van der Waals surface area contributed by atoms with Gasteiger partial charge in [-0.1, -0.05) is 70.9 Å². The number of methoxy groups -OCH3 is 1. The number of benzene rings is 3. The van der Waals surface area contributed by atoms with Crippen molar-refractivity contribution in [3.05, 3.63) is 95.1 Å². The molecule has 1 atom stereocenters. The maximum absolute atomic E-state index is 13.5. The minimum absolute atomic E-state index is 0.0444. The number of amides is 1. The Kier molecular flexibility index (Phi) is 8.44. The summed E-state index contributed by atoms with van der Waals surface area (Å²) in [7, 11) is 1.55. The highest BCUT2D eigenvalue weighted by molar-refractivity contribution is 6.51. The van der Waals surface area contributed by atoms with E-state index in [0.717, 1.165) is 30.4 Å². The molecule has 0 aromatic heterocycles. The molecule has 204 valence electrons. The zero-order valence-electron chi connectivity index (χ0n) is 23.4. The molecule has 3 aromatic carbocycles. The molecule has 0 spiro atoms. The minimum Gasteiger partial charge on any atom is -0.507 e. The average Bonchev–Trinajstić information content (AvgIpc) is 3.20. The summed E-state index contributed by atoms with van der Waals surface area (Å²) in [4.78, 5) is 28.4. The van der Waals surface area contributed by atoms with Gasteiger partial charge in [-0.2, -0.15) is 0 Å². The Labute approximate surface area is 230 Å². The van der Waals surface area contributed by atoms with E-state index >= 15 is 0 Å². The van der Waals surface area contributed by atoms with Crippen molar-refractivity contribution in [3.63, 3.8) is 0 Å². The third-order valence-corrected chi connectivity index (χ3v) is 7.01. The number of hydrogen-bond donors (Lipinski definition) is 1. The molecule has 0 aliphatic carbocycles. The normalized spacial score (nSPS) is 16.9. The largest absolute Gasteiger partial charge is 0.507 e. The summed E-state index contributed by atoms with van der Waals surface area (Å²) < 4.78 is 11.2. The number of aliphatic hydroxyl groups excluding tert-OH is 1. The monoisotopic (exact) mass is 527 g/mol. The fourth-order valence-electron chi connectivity index (χ4n) is 4.75. The lowest BCUT2D eigenvalue weighted by Crippen LogP contribution is -2.29. The van der Waals surface area contributed by atoms with Gasteiger partial charge in [-0.15, -0.1) is 0 Å². The van der Waals surface area contributed by atoms with E-state index in [4.69, 9.17) is 9.47 Å². The highest BCUT2D eigenvalue weighted by atomic mass is 16.5. The lowest BCUT2D eigenvalue weighted by atomic mass is 9.85. The first kappa shape index (κ1) is 28.0. The topological polar surface area (TPSA) is 76.1 Å². The number of Topliss-reactive ketones (excluding diaryl/α,β-unsaturated/α-hetero) is 1. The molecule has 6 nitrogen and oxygen atoms in total. The van der Waals surface area contributed by atoms with Gasteiger partial charge >= 0.3 is 0 Å². The van der Waals surface area contributed by atoms with Crippen LogP contribution in [0.25, 0.3) is 5.76 Å². The van der Waals surface area contributed by atoms with Crippen molar-refractivity contribution in [1.29, 1.82) is 0 Å². The van der Waals surface area contributed by atoms with Crippen LogP contribution in [0.3, 0.4) is 0 Å². The third kappa shape index (κ3) is 6.00. The Hall–Kier alpha value is -4.06. The Morgan fingerprint density at radius 2 is 1.62 bits per heavy atom. The second-order valence-electron chi connectivity index (χ2n) is 10.8. The molecule has 1 saturated heterocycles. The second kappa shape index (κ2) is 11.8. The lowest BCUT2D eigenvalue weighted by Gasteiger charge is -2.27. The number of unbranched alkanes of at least 4 members (excludes halogenated alkanes) is 2. The van der Waals surface area contributed by atoms with E-state index in [1.54, 1.807) is 55.6 Å². The van der Waals surface area contributed by atoms with Crippen molar-refractivity contribution in [2.24, 2.45) is 0 Å². The zero-order chi connectivity index (χ0) is 28.2. The molecular formula is C33H37NO5. The van der Waals surface area contributed by atoms with Crippen molar-refractivity contribution in [1.82, 2.24) is 0 Å².